The molecule has 2 aromatic rings. The molecule has 2 aliphatic heterocycles. The van der Waals surface area contributed by atoms with Crippen LogP contribution in [-0.2, 0) is 16.1 Å². The Morgan fingerprint density at radius 3 is 2.46 bits per heavy atom. The van der Waals surface area contributed by atoms with Gasteiger partial charge in [0.15, 0.2) is 0 Å². The molecule has 6 heteroatoms. The molecule has 2 amide bonds. The van der Waals surface area contributed by atoms with Gasteiger partial charge in [-0.2, -0.15) is 0 Å². The average molecular weight is 398 g/mol. The van der Waals surface area contributed by atoms with Crippen molar-refractivity contribution in [2.75, 3.05) is 37.6 Å². The molecule has 146 valence electrons. The van der Waals surface area contributed by atoms with E-state index in [2.05, 4.69) is 29.2 Å². The first-order valence-corrected chi connectivity index (χ1v) is 10.1. The van der Waals surface area contributed by atoms with Crippen LogP contribution in [0.25, 0.3) is 0 Å². The molecule has 2 aliphatic rings. The number of benzene rings is 2. The van der Waals surface area contributed by atoms with Crippen LogP contribution in [0, 0.1) is 5.92 Å². The Morgan fingerprint density at radius 2 is 1.75 bits per heavy atom. The lowest BCUT2D eigenvalue weighted by Gasteiger charge is -2.36. The second kappa shape index (κ2) is 8.33. The van der Waals surface area contributed by atoms with Crippen LogP contribution in [0.15, 0.2) is 54.6 Å². The van der Waals surface area contributed by atoms with Crippen LogP contribution in [0.2, 0.25) is 5.02 Å². The van der Waals surface area contributed by atoms with Crippen LogP contribution in [0.5, 0.6) is 0 Å². The van der Waals surface area contributed by atoms with Gasteiger partial charge in [-0.05, 0) is 23.8 Å². The number of carbonyl (C=O) groups excluding carboxylic acids is 2. The molecule has 0 spiro atoms. The van der Waals surface area contributed by atoms with E-state index in [9.17, 15) is 9.59 Å². The standard InChI is InChI=1S/C22H24ClN3O2/c23-19-7-4-8-20(14-19)26-16-18(13-21(26)27)22(28)25-11-9-24(10-12-25)15-17-5-2-1-3-6-17/h1-8,14,18H,9-13,15-16H2. The molecule has 2 saturated heterocycles. The van der Waals surface area contributed by atoms with Crippen molar-refractivity contribution < 1.29 is 9.59 Å². The largest absolute Gasteiger partial charge is 0.340 e. The van der Waals surface area contributed by atoms with Gasteiger partial charge in [0.25, 0.3) is 0 Å². The summed E-state index contributed by atoms with van der Waals surface area (Å²) in [6, 6.07) is 17.6. The summed E-state index contributed by atoms with van der Waals surface area (Å²) in [5, 5.41) is 0.592. The highest BCUT2D eigenvalue weighted by atomic mass is 35.5. The summed E-state index contributed by atoms with van der Waals surface area (Å²) in [6.07, 6.45) is 0.273. The van der Waals surface area contributed by atoms with Crippen LogP contribution in [0.4, 0.5) is 5.69 Å². The number of rotatable bonds is 4. The second-order valence-electron chi connectivity index (χ2n) is 7.47. The zero-order valence-electron chi connectivity index (χ0n) is 15.8. The Morgan fingerprint density at radius 1 is 1.00 bits per heavy atom. The summed E-state index contributed by atoms with van der Waals surface area (Å²) in [4.78, 5) is 31.4. The average Bonchev–Trinajstić information content (AvgIpc) is 3.10. The minimum absolute atomic E-state index is 0.0108. The first-order valence-electron chi connectivity index (χ1n) is 9.71. The molecule has 1 unspecified atom stereocenters. The molecule has 4 rings (SSSR count). The molecule has 28 heavy (non-hydrogen) atoms. The highest BCUT2D eigenvalue weighted by molar-refractivity contribution is 6.31. The number of anilines is 1. The van der Waals surface area contributed by atoms with Gasteiger partial charge in [-0.1, -0.05) is 48.0 Å². The topological polar surface area (TPSA) is 43.9 Å². The van der Waals surface area contributed by atoms with Crippen molar-refractivity contribution in [2.24, 2.45) is 5.92 Å². The number of hydrogen-bond donors (Lipinski definition) is 0. The van der Waals surface area contributed by atoms with Gasteiger partial charge in [-0.15, -0.1) is 0 Å². The molecule has 0 bridgehead atoms. The maximum Gasteiger partial charge on any atom is 0.228 e. The molecule has 0 aromatic heterocycles. The van der Waals surface area contributed by atoms with E-state index in [0.29, 0.717) is 24.7 Å². The quantitative estimate of drug-likeness (QED) is 0.796. The van der Waals surface area contributed by atoms with Crippen molar-refractivity contribution in [3.63, 3.8) is 0 Å². The lowest BCUT2D eigenvalue weighted by Crippen LogP contribution is -2.50. The van der Waals surface area contributed by atoms with Crippen molar-refractivity contribution in [3.8, 4) is 0 Å². The van der Waals surface area contributed by atoms with Crippen LogP contribution in [-0.4, -0.2) is 54.3 Å². The predicted octanol–water partition coefficient (Wildman–Crippen LogP) is 3.04. The zero-order valence-corrected chi connectivity index (χ0v) is 16.5. The number of hydrogen-bond acceptors (Lipinski definition) is 3. The van der Waals surface area contributed by atoms with Crippen molar-refractivity contribution in [3.05, 3.63) is 65.2 Å². The third-order valence-electron chi connectivity index (χ3n) is 5.53. The van der Waals surface area contributed by atoms with E-state index >= 15 is 0 Å². The van der Waals surface area contributed by atoms with Crippen molar-refractivity contribution in [1.29, 1.82) is 0 Å². The molecule has 0 saturated carbocycles. The van der Waals surface area contributed by atoms with Gasteiger partial charge in [0.1, 0.15) is 0 Å². The summed E-state index contributed by atoms with van der Waals surface area (Å²) < 4.78 is 0. The van der Waals surface area contributed by atoms with E-state index in [1.54, 1.807) is 17.0 Å². The minimum Gasteiger partial charge on any atom is -0.340 e. The molecule has 0 aliphatic carbocycles. The van der Waals surface area contributed by atoms with Gasteiger partial charge in [-0.3, -0.25) is 14.5 Å². The number of halogens is 1. The number of nitrogens with zero attached hydrogens (tertiary/aromatic N) is 3. The fraction of sp³-hybridized carbons (Fsp3) is 0.364. The SMILES string of the molecule is O=C(C1CC(=O)N(c2cccc(Cl)c2)C1)N1CCN(Cc2ccccc2)CC1. The number of carbonyl (C=O) groups is 2. The van der Waals surface area contributed by atoms with Crippen LogP contribution in [0.1, 0.15) is 12.0 Å². The first kappa shape index (κ1) is 19.0. The molecule has 1 atom stereocenters. The molecule has 2 aromatic carbocycles. The van der Waals surface area contributed by atoms with Crippen LogP contribution in [0.3, 0.4) is 0 Å². The monoisotopic (exact) mass is 397 g/mol. The Hall–Kier alpha value is -2.37. The van der Waals surface area contributed by atoms with E-state index in [1.165, 1.54) is 5.56 Å². The lowest BCUT2D eigenvalue weighted by atomic mass is 10.1. The molecule has 5 nitrogen and oxygen atoms in total. The molecular formula is C22H24ClN3O2. The van der Waals surface area contributed by atoms with Crippen molar-refractivity contribution >= 4 is 29.1 Å². The normalized spacial score (nSPS) is 20.6. The summed E-state index contributed by atoms with van der Waals surface area (Å²) in [6.45, 7) is 4.50. The molecule has 0 radical (unpaired) electrons. The third-order valence-corrected chi connectivity index (χ3v) is 5.76. The van der Waals surface area contributed by atoms with E-state index in [1.807, 2.05) is 23.1 Å². The fourth-order valence-electron chi connectivity index (χ4n) is 3.99. The molecule has 2 heterocycles. The highest BCUT2D eigenvalue weighted by Gasteiger charge is 2.37. The molecular weight excluding hydrogens is 374 g/mol. The maximum atomic E-state index is 13.0. The molecule has 2 fully saturated rings. The summed E-state index contributed by atoms with van der Waals surface area (Å²) in [5.41, 5.74) is 2.06. The smallest absolute Gasteiger partial charge is 0.228 e. The summed E-state index contributed by atoms with van der Waals surface area (Å²) in [5.74, 6) is -0.187. The Balaban J connectivity index is 1.32. The predicted molar refractivity (Wildman–Crippen MR) is 110 cm³/mol. The lowest BCUT2D eigenvalue weighted by molar-refractivity contribution is -0.137. The highest BCUT2D eigenvalue weighted by Crippen LogP contribution is 2.28. The Kier molecular flexibility index (Phi) is 5.64. The number of piperazine rings is 1. The summed E-state index contributed by atoms with van der Waals surface area (Å²) >= 11 is 6.05. The van der Waals surface area contributed by atoms with Gasteiger partial charge in [0.2, 0.25) is 11.8 Å². The maximum absolute atomic E-state index is 13.0. The van der Waals surface area contributed by atoms with E-state index in [-0.39, 0.29) is 24.2 Å². The van der Waals surface area contributed by atoms with Crippen LogP contribution >= 0.6 is 11.6 Å². The molecule has 0 N–H and O–H groups in total. The Labute approximate surface area is 170 Å². The van der Waals surface area contributed by atoms with Crippen molar-refractivity contribution in [2.45, 2.75) is 13.0 Å². The second-order valence-corrected chi connectivity index (χ2v) is 7.91. The van der Waals surface area contributed by atoms with Crippen molar-refractivity contribution in [1.82, 2.24) is 9.80 Å². The van der Waals surface area contributed by atoms with Crippen LogP contribution < -0.4 is 4.90 Å². The third kappa shape index (κ3) is 4.21. The van der Waals surface area contributed by atoms with Gasteiger partial charge in [-0.25, -0.2) is 0 Å². The zero-order chi connectivity index (χ0) is 19.5. The summed E-state index contributed by atoms with van der Waals surface area (Å²) in [7, 11) is 0. The Bertz CT molecular complexity index is 850. The fourth-order valence-corrected chi connectivity index (χ4v) is 4.18. The van der Waals surface area contributed by atoms with Gasteiger partial charge >= 0.3 is 0 Å². The minimum atomic E-state index is -0.271. The van der Waals surface area contributed by atoms with Gasteiger partial charge in [0, 0.05) is 56.4 Å². The van der Waals surface area contributed by atoms with E-state index < -0.39 is 0 Å². The van der Waals surface area contributed by atoms with E-state index in [0.717, 1.165) is 25.3 Å². The first-order chi connectivity index (χ1) is 13.6. The number of amides is 2. The van der Waals surface area contributed by atoms with E-state index in [4.69, 9.17) is 11.6 Å². The van der Waals surface area contributed by atoms with Gasteiger partial charge in [0.05, 0.1) is 5.92 Å². The van der Waals surface area contributed by atoms with Gasteiger partial charge < -0.3 is 9.80 Å².